The number of benzene rings is 2. The number of rotatable bonds is 13. The van der Waals surface area contributed by atoms with Gasteiger partial charge in [0.05, 0.1) is 11.0 Å². The maximum absolute atomic E-state index is 13.8. The first-order chi connectivity index (χ1) is 19.9. The molecule has 7 heteroatoms. The monoisotopic (exact) mass is 560 g/mol. The fourth-order valence-electron chi connectivity index (χ4n) is 5.88. The summed E-state index contributed by atoms with van der Waals surface area (Å²) in [6.07, 6.45) is 7.75. The number of imidazole rings is 1. The van der Waals surface area contributed by atoms with Gasteiger partial charge in [-0.25, -0.2) is 4.98 Å². The standard InChI is InChI=1S/C34H48N4O3/c1-25(2)13-19-37(20-14-26(3)4)34(39)28-10-11-29-30(23-28)38(18-8-17-36-15-6-5-7-16-36)33(35-29)22-27-9-12-31-32(21-27)41-24-40-31/h9-12,21,23,25-26H,5-8,13-20,22,24H2,1-4H3. The predicted octanol–water partition coefficient (Wildman–Crippen LogP) is 6.77. The average Bonchev–Trinajstić information content (AvgIpc) is 3.57. The molecule has 7 nitrogen and oxygen atoms in total. The number of carbonyl (C=O) groups excluding carboxylic acids is 1. The SMILES string of the molecule is CC(C)CCN(CCC(C)C)C(=O)c1ccc2nc(Cc3ccc4c(c3)OCO4)n(CCCN3CCCCC3)c2c1. The molecule has 0 N–H and O–H groups in total. The highest BCUT2D eigenvalue weighted by atomic mass is 16.7. The number of hydrogen-bond acceptors (Lipinski definition) is 5. The maximum Gasteiger partial charge on any atom is 0.253 e. The van der Waals surface area contributed by atoms with Gasteiger partial charge in [-0.2, -0.15) is 0 Å². The van der Waals surface area contributed by atoms with Gasteiger partial charge in [0, 0.05) is 31.6 Å². The molecule has 0 saturated carbocycles. The predicted molar refractivity (Wildman–Crippen MR) is 165 cm³/mol. The molecule has 3 heterocycles. The molecule has 2 aromatic carbocycles. The van der Waals surface area contributed by atoms with Crippen LogP contribution in [0.2, 0.25) is 0 Å². The summed E-state index contributed by atoms with van der Waals surface area (Å²) in [6.45, 7) is 15.2. The molecule has 5 rings (SSSR count). The van der Waals surface area contributed by atoms with Gasteiger partial charge in [0.25, 0.3) is 5.91 Å². The van der Waals surface area contributed by atoms with Crippen LogP contribution in [0.15, 0.2) is 36.4 Å². The first kappa shape index (κ1) is 29.4. The van der Waals surface area contributed by atoms with Crippen molar-refractivity contribution in [1.82, 2.24) is 19.4 Å². The van der Waals surface area contributed by atoms with Crippen LogP contribution in [-0.4, -0.2) is 64.8 Å². The van der Waals surface area contributed by atoms with E-state index < -0.39 is 0 Å². The second-order valence-corrected chi connectivity index (χ2v) is 12.7. The number of fused-ring (bicyclic) bond motifs is 2. The zero-order valence-electron chi connectivity index (χ0n) is 25.5. The zero-order valence-corrected chi connectivity index (χ0v) is 25.5. The van der Waals surface area contributed by atoms with E-state index in [1.165, 1.54) is 32.4 Å². The van der Waals surface area contributed by atoms with Crippen molar-refractivity contribution in [2.24, 2.45) is 11.8 Å². The number of aromatic nitrogens is 2. The van der Waals surface area contributed by atoms with Crippen LogP contribution in [0, 0.1) is 11.8 Å². The zero-order chi connectivity index (χ0) is 28.8. The lowest BCUT2D eigenvalue weighted by Gasteiger charge is -2.26. The Balaban J connectivity index is 1.42. The minimum Gasteiger partial charge on any atom is -0.454 e. The van der Waals surface area contributed by atoms with E-state index >= 15 is 0 Å². The topological polar surface area (TPSA) is 59.8 Å². The smallest absolute Gasteiger partial charge is 0.253 e. The number of amides is 1. The molecular weight excluding hydrogens is 512 g/mol. The van der Waals surface area contributed by atoms with E-state index in [1.54, 1.807) is 0 Å². The summed E-state index contributed by atoms with van der Waals surface area (Å²) < 4.78 is 13.5. The minimum atomic E-state index is 0.131. The van der Waals surface area contributed by atoms with Gasteiger partial charge in [0.2, 0.25) is 6.79 Å². The van der Waals surface area contributed by atoms with Crippen LogP contribution in [0.4, 0.5) is 0 Å². The second-order valence-electron chi connectivity index (χ2n) is 12.7. The summed E-state index contributed by atoms with van der Waals surface area (Å²) in [5.41, 5.74) is 3.91. The maximum atomic E-state index is 13.8. The van der Waals surface area contributed by atoms with E-state index in [4.69, 9.17) is 14.5 Å². The molecule has 2 aliphatic heterocycles. The molecule has 1 aromatic heterocycles. The van der Waals surface area contributed by atoms with Gasteiger partial charge in [-0.3, -0.25) is 4.79 Å². The van der Waals surface area contributed by atoms with Crippen molar-refractivity contribution in [2.75, 3.05) is 39.5 Å². The summed E-state index contributed by atoms with van der Waals surface area (Å²) >= 11 is 0. The Kier molecular flexibility index (Phi) is 9.86. The van der Waals surface area contributed by atoms with Crippen molar-refractivity contribution in [3.8, 4) is 11.5 Å². The van der Waals surface area contributed by atoms with Crippen LogP contribution in [0.3, 0.4) is 0 Å². The molecule has 0 aliphatic carbocycles. The van der Waals surface area contributed by atoms with Crippen LogP contribution < -0.4 is 9.47 Å². The molecular formula is C34H48N4O3. The number of aryl methyl sites for hydroxylation is 1. The highest BCUT2D eigenvalue weighted by Gasteiger charge is 2.21. The third-order valence-corrected chi connectivity index (χ3v) is 8.42. The van der Waals surface area contributed by atoms with E-state index in [2.05, 4.69) is 60.3 Å². The quantitative estimate of drug-likeness (QED) is 0.231. The first-order valence-corrected chi connectivity index (χ1v) is 15.8. The normalized spacial score (nSPS) is 15.4. The van der Waals surface area contributed by atoms with Crippen LogP contribution in [-0.2, 0) is 13.0 Å². The lowest BCUT2D eigenvalue weighted by molar-refractivity contribution is 0.0741. The fraction of sp³-hybridized carbons (Fsp3) is 0.588. The minimum absolute atomic E-state index is 0.131. The molecule has 0 spiro atoms. The summed E-state index contributed by atoms with van der Waals surface area (Å²) in [5, 5.41) is 0. The van der Waals surface area contributed by atoms with E-state index in [0.717, 1.165) is 84.9 Å². The Labute approximate surface area is 245 Å². The number of nitrogens with zero attached hydrogens (tertiary/aromatic N) is 4. The molecule has 0 atom stereocenters. The van der Waals surface area contributed by atoms with Gasteiger partial charge >= 0.3 is 0 Å². The Bertz CT molecular complexity index is 1300. The fourth-order valence-corrected chi connectivity index (χ4v) is 5.88. The van der Waals surface area contributed by atoms with Crippen molar-refractivity contribution in [2.45, 2.75) is 79.2 Å². The molecule has 41 heavy (non-hydrogen) atoms. The van der Waals surface area contributed by atoms with E-state index in [-0.39, 0.29) is 12.7 Å². The molecule has 3 aromatic rings. The number of hydrogen-bond donors (Lipinski definition) is 0. The van der Waals surface area contributed by atoms with Crippen molar-refractivity contribution in [3.05, 3.63) is 53.3 Å². The Morgan fingerprint density at radius 2 is 1.63 bits per heavy atom. The number of likely N-dealkylation sites (tertiary alicyclic amines) is 1. The number of piperidine rings is 1. The molecule has 0 unspecified atom stereocenters. The van der Waals surface area contributed by atoms with Crippen molar-refractivity contribution in [3.63, 3.8) is 0 Å². The summed E-state index contributed by atoms with van der Waals surface area (Å²) in [5.74, 6) is 3.88. The summed E-state index contributed by atoms with van der Waals surface area (Å²) in [4.78, 5) is 23.6. The van der Waals surface area contributed by atoms with Crippen molar-refractivity contribution in [1.29, 1.82) is 0 Å². The van der Waals surface area contributed by atoms with Crippen LogP contribution >= 0.6 is 0 Å². The van der Waals surface area contributed by atoms with Gasteiger partial charge in [0.15, 0.2) is 11.5 Å². The van der Waals surface area contributed by atoms with Crippen LogP contribution in [0.5, 0.6) is 11.5 Å². The molecule has 1 saturated heterocycles. The van der Waals surface area contributed by atoms with Gasteiger partial charge in [-0.05, 0) is 99.5 Å². The Morgan fingerprint density at radius 1 is 0.902 bits per heavy atom. The number of carbonyl (C=O) groups is 1. The lowest BCUT2D eigenvalue weighted by Crippen LogP contribution is -2.34. The largest absolute Gasteiger partial charge is 0.454 e. The van der Waals surface area contributed by atoms with E-state index in [0.29, 0.717) is 18.3 Å². The van der Waals surface area contributed by atoms with Crippen molar-refractivity contribution >= 4 is 16.9 Å². The second kappa shape index (κ2) is 13.7. The van der Waals surface area contributed by atoms with Gasteiger partial charge in [0.1, 0.15) is 5.82 Å². The molecule has 2 aliphatic rings. The molecule has 0 bridgehead atoms. The molecule has 222 valence electrons. The van der Waals surface area contributed by atoms with E-state index in [1.807, 2.05) is 18.2 Å². The Hall–Kier alpha value is -3.06. The van der Waals surface area contributed by atoms with Gasteiger partial charge in [-0.1, -0.05) is 40.2 Å². The summed E-state index contributed by atoms with van der Waals surface area (Å²) in [7, 11) is 0. The Morgan fingerprint density at radius 3 is 2.37 bits per heavy atom. The van der Waals surface area contributed by atoms with E-state index in [9.17, 15) is 4.79 Å². The number of ether oxygens (including phenoxy) is 2. The van der Waals surface area contributed by atoms with Gasteiger partial charge in [-0.15, -0.1) is 0 Å². The third-order valence-electron chi connectivity index (χ3n) is 8.42. The third kappa shape index (κ3) is 7.62. The average molecular weight is 561 g/mol. The molecule has 0 radical (unpaired) electrons. The van der Waals surface area contributed by atoms with Crippen LogP contribution in [0.25, 0.3) is 11.0 Å². The molecule has 1 amide bonds. The van der Waals surface area contributed by atoms with Crippen LogP contribution in [0.1, 0.15) is 88.0 Å². The highest BCUT2D eigenvalue weighted by molar-refractivity contribution is 5.97. The summed E-state index contributed by atoms with van der Waals surface area (Å²) in [6, 6.07) is 12.2. The first-order valence-electron chi connectivity index (χ1n) is 15.8. The molecule has 1 fully saturated rings. The van der Waals surface area contributed by atoms with Crippen molar-refractivity contribution < 1.29 is 14.3 Å². The van der Waals surface area contributed by atoms with Gasteiger partial charge < -0.3 is 23.8 Å². The highest BCUT2D eigenvalue weighted by Crippen LogP contribution is 2.33. The lowest BCUT2D eigenvalue weighted by atomic mass is 10.1.